The topological polar surface area (TPSA) is 73.2 Å². The van der Waals surface area contributed by atoms with Gasteiger partial charge in [-0.3, -0.25) is 0 Å². The SMILES string of the molecule is COc1ccc(CCN(C)CCCC(Oc2cc(CC#N)cc(OC)c2OC)C(C)C)cc1OC. The van der Waals surface area contributed by atoms with E-state index in [9.17, 15) is 0 Å². The van der Waals surface area contributed by atoms with Crippen LogP contribution in [0.1, 0.15) is 37.8 Å². The molecule has 0 N–H and O–H groups in total. The van der Waals surface area contributed by atoms with Gasteiger partial charge >= 0.3 is 0 Å². The second kappa shape index (κ2) is 14.3. The zero-order valence-corrected chi connectivity index (χ0v) is 22.2. The lowest BCUT2D eigenvalue weighted by atomic mass is 10.0. The maximum atomic E-state index is 9.13. The van der Waals surface area contributed by atoms with Crippen LogP contribution in [0.25, 0.3) is 0 Å². The van der Waals surface area contributed by atoms with Gasteiger partial charge in [0, 0.05) is 6.54 Å². The lowest BCUT2D eigenvalue weighted by Gasteiger charge is -2.26. The Hall–Kier alpha value is -3.11. The van der Waals surface area contributed by atoms with Crippen LogP contribution in [0.15, 0.2) is 30.3 Å². The zero-order valence-electron chi connectivity index (χ0n) is 22.2. The highest BCUT2D eigenvalue weighted by Gasteiger charge is 2.21. The number of likely N-dealkylation sites (N-methyl/N-ethyl adjacent to an activating group) is 1. The number of nitrogens with zero attached hydrogens (tertiary/aromatic N) is 2. The van der Waals surface area contributed by atoms with Crippen LogP contribution in [-0.2, 0) is 12.8 Å². The van der Waals surface area contributed by atoms with Crippen LogP contribution in [-0.4, -0.2) is 59.6 Å². The summed E-state index contributed by atoms with van der Waals surface area (Å²) in [4.78, 5) is 2.34. The fourth-order valence-corrected chi connectivity index (χ4v) is 3.99. The molecule has 2 aromatic carbocycles. The Morgan fingerprint density at radius 2 is 1.49 bits per heavy atom. The van der Waals surface area contributed by atoms with E-state index in [4.69, 9.17) is 28.9 Å². The van der Waals surface area contributed by atoms with Crippen molar-refractivity contribution in [2.24, 2.45) is 5.92 Å². The van der Waals surface area contributed by atoms with Crippen LogP contribution in [0.3, 0.4) is 0 Å². The number of hydrogen-bond acceptors (Lipinski definition) is 7. The van der Waals surface area contributed by atoms with Crippen LogP contribution in [0.4, 0.5) is 0 Å². The number of methoxy groups -OCH3 is 4. The molecule has 0 bridgehead atoms. The van der Waals surface area contributed by atoms with Gasteiger partial charge < -0.3 is 28.6 Å². The lowest BCUT2D eigenvalue weighted by molar-refractivity contribution is 0.129. The van der Waals surface area contributed by atoms with Gasteiger partial charge in [0.15, 0.2) is 23.0 Å². The molecule has 0 aliphatic heterocycles. The summed E-state index contributed by atoms with van der Waals surface area (Å²) in [5.74, 6) is 3.59. The third kappa shape index (κ3) is 8.25. The minimum absolute atomic E-state index is 0.0187. The highest BCUT2D eigenvalue weighted by atomic mass is 16.5. The molecule has 0 aliphatic carbocycles. The Bertz CT molecular complexity index is 971. The van der Waals surface area contributed by atoms with Gasteiger partial charge in [-0.05, 0) is 74.2 Å². The van der Waals surface area contributed by atoms with E-state index in [0.29, 0.717) is 23.2 Å². The van der Waals surface area contributed by atoms with Gasteiger partial charge in [0.25, 0.3) is 0 Å². The molecule has 0 radical (unpaired) electrons. The van der Waals surface area contributed by atoms with Crippen LogP contribution >= 0.6 is 0 Å². The van der Waals surface area contributed by atoms with Crippen molar-refractivity contribution in [3.63, 3.8) is 0 Å². The number of benzene rings is 2. The predicted molar refractivity (Wildman–Crippen MR) is 138 cm³/mol. The second-order valence-corrected chi connectivity index (χ2v) is 8.95. The van der Waals surface area contributed by atoms with Crippen LogP contribution in [0.5, 0.6) is 28.7 Å². The molecule has 0 aliphatic rings. The lowest BCUT2D eigenvalue weighted by Crippen LogP contribution is -2.27. The average molecular weight is 485 g/mol. The highest BCUT2D eigenvalue weighted by molar-refractivity contribution is 5.54. The first-order valence-corrected chi connectivity index (χ1v) is 12.0. The Balaban J connectivity index is 1.96. The fraction of sp³-hybridized carbons (Fsp3) is 0.536. The first-order chi connectivity index (χ1) is 16.9. The minimum Gasteiger partial charge on any atom is -0.493 e. The van der Waals surface area contributed by atoms with E-state index in [-0.39, 0.29) is 12.5 Å². The van der Waals surface area contributed by atoms with Crippen LogP contribution in [0, 0.1) is 17.2 Å². The molecule has 0 saturated carbocycles. The van der Waals surface area contributed by atoms with Gasteiger partial charge in [-0.25, -0.2) is 0 Å². The average Bonchev–Trinajstić information content (AvgIpc) is 2.86. The summed E-state index contributed by atoms with van der Waals surface area (Å²) in [6.07, 6.45) is 3.15. The summed E-state index contributed by atoms with van der Waals surface area (Å²) in [5, 5.41) is 9.13. The largest absolute Gasteiger partial charge is 0.493 e. The number of ether oxygens (including phenoxy) is 5. The van der Waals surface area contributed by atoms with Gasteiger partial charge in [0.1, 0.15) is 6.10 Å². The molecule has 7 nitrogen and oxygen atoms in total. The number of hydrogen-bond donors (Lipinski definition) is 0. The van der Waals surface area contributed by atoms with Gasteiger partial charge in [-0.1, -0.05) is 19.9 Å². The van der Waals surface area contributed by atoms with Gasteiger partial charge in [0.05, 0.1) is 40.9 Å². The summed E-state index contributed by atoms with van der Waals surface area (Å²) >= 11 is 0. The molecule has 2 rings (SSSR count). The van der Waals surface area contributed by atoms with Crippen molar-refractivity contribution in [1.29, 1.82) is 5.26 Å². The molecule has 0 heterocycles. The highest BCUT2D eigenvalue weighted by Crippen LogP contribution is 2.40. The molecule has 0 spiro atoms. The smallest absolute Gasteiger partial charge is 0.203 e. The minimum atomic E-state index is 0.0187. The molecule has 35 heavy (non-hydrogen) atoms. The summed E-state index contributed by atoms with van der Waals surface area (Å²) in [5.41, 5.74) is 2.06. The van der Waals surface area contributed by atoms with E-state index >= 15 is 0 Å². The molecule has 1 atom stereocenters. The summed E-state index contributed by atoms with van der Waals surface area (Å²) < 4.78 is 28.2. The Kier molecular flexibility index (Phi) is 11.5. The van der Waals surface area contributed by atoms with E-state index < -0.39 is 0 Å². The Labute approximate surface area is 210 Å². The predicted octanol–water partition coefficient (Wildman–Crippen LogP) is 5.15. The zero-order chi connectivity index (χ0) is 25.8. The van der Waals surface area contributed by atoms with Crippen molar-refractivity contribution < 1.29 is 23.7 Å². The molecule has 1 unspecified atom stereocenters. The first kappa shape index (κ1) is 28.1. The fourth-order valence-electron chi connectivity index (χ4n) is 3.99. The molecule has 0 saturated heterocycles. The second-order valence-electron chi connectivity index (χ2n) is 8.95. The van der Waals surface area contributed by atoms with Crippen LogP contribution in [0.2, 0.25) is 0 Å². The molecular weight excluding hydrogens is 444 g/mol. The molecule has 0 amide bonds. The monoisotopic (exact) mass is 484 g/mol. The number of rotatable bonds is 15. The maximum Gasteiger partial charge on any atom is 0.203 e. The van der Waals surface area contributed by atoms with Crippen molar-refractivity contribution in [3.8, 4) is 34.8 Å². The van der Waals surface area contributed by atoms with Gasteiger partial charge in [-0.15, -0.1) is 0 Å². The van der Waals surface area contributed by atoms with E-state index in [1.807, 2.05) is 24.3 Å². The van der Waals surface area contributed by atoms with Crippen molar-refractivity contribution in [3.05, 3.63) is 41.5 Å². The van der Waals surface area contributed by atoms with Crippen LogP contribution < -0.4 is 23.7 Å². The molecule has 192 valence electrons. The standard InChI is InChI=1S/C28H40N2O5/c1-20(2)23(35-27-19-22(12-14-29)18-26(33-6)28(27)34-7)9-8-15-30(3)16-13-21-10-11-24(31-4)25(17-21)32-5/h10-11,17-20,23H,8-9,12-13,15-16H2,1-7H3. The van der Waals surface area contributed by atoms with E-state index in [2.05, 4.69) is 37.9 Å². The molecule has 7 heteroatoms. The first-order valence-electron chi connectivity index (χ1n) is 12.0. The summed E-state index contributed by atoms with van der Waals surface area (Å²) in [6.45, 7) is 6.24. The van der Waals surface area contributed by atoms with Crippen molar-refractivity contribution in [2.45, 2.75) is 45.6 Å². The maximum absolute atomic E-state index is 9.13. The van der Waals surface area contributed by atoms with Gasteiger partial charge in [-0.2, -0.15) is 5.26 Å². The molecule has 0 aromatic heterocycles. The third-order valence-corrected chi connectivity index (χ3v) is 6.07. The third-order valence-electron chi connectivity index (χ3n) is 6.07. The summed E-state index contributed by atoms with van der Waals surface area (Å²) in [6, 6.07) is 12.0. The van der Waals surface area contributed by atoms with Crippen molar-refractivity contribution in [1.82, 2.24) is 4.90 Å². The number of nitriles is 1. The van der Waals surface area contributed by atoms with Crippen molar-refractivity contribution in [2.75, 3.05) is 48.6 Å². The normalized spacial score (nSPS) is 11.8. The Morgan fingerprint density at radius 1 is 0.829 bits per heavy atom. The van der Waals surface area contributed by atoms with E-state index in [1.165, 1.54) is 5.56 Å². The Morgan fingerprint density at radius 3 is 2.09 bits per heavy atom. The quantitative estimate of drug-likeness (QED) is 0.346. The van der Waals surface area contributed by atoms with Crippen molar-refractivity contribution >= 4 is 0 Å². The van der Waals surface area contributed by atoms with Gasteiger partial charge in [0.2, 0.25) is 5.75 Å². The molecular formula is C28H40N2O5. The van der Waals surface area contributed by atoms with E-state index in [1.54, 1.807) is 28.4 Å². The molecule has 2 aromatic rings. The van der Waals surface area contributed by atoms with E-state index in [0.717, 1.165) is 49.4 Å². The molecule has 0 fully saturated rings. The summed E-state index contributed by atoms with van der Waals surface area (Å²) in [7, 11) is 8.65.